The number of amides is 1. The summed E-state index contributed by atoms with van der Waals surface area (Å²) in [4.78, 5) is 16.5. The lowest BCUT2D eigenvalue weighted by atomic mass is 10.2. The van der Waals surface area contributed by atoms with Crippen molar-refractivity contribution in [1.29, 1.82) is 0 Å². The van der Waals surface area contributed by atoms with Crippen molar-refractivity contribution >= 4 is 27.7 Å². The maximum absolute atomic E-state index is 12.3. The zero-order valence-corrected chi connectivity index (χ0v) is 14.2. The van der Waals surface area contributed by atoms with Gasteiger partial charge in [-0.15, -0.1) is 0 Å². The van der Waals surface area contributed by atoms with E-state index in [0.717, 1.165) is 17.4 Å². The van der Waals surface area contributed by atoms with E-state index in [-0.39, 0.29) is 12.0 Å². The van der Waals surface area contributed by atoms with Gasteiger partial charge in [0.25, 0.3) is 5.91 Å². The monoisotopic (exact) mass is 359 g/mol. The lowest BCUT2D eigenvalue weighted by molar-refractivity contribution is 0.0285. The number of aromatic nitrogens is 1. The van der Waals surface area contributed by atoms with Crippen molar-refractivity contribution in [1.82, 2.24) is 10.3 Å². The first-order chi connectivity index (χ1) is 10.1. The Balaban J connectivity index is 2.73. The van der Waals surface area contributed by atoms with Gasteiger partial charge in [0.1, 0.15) is 5.82 Å². The lowest BCUT2D eigenvalue weighted by Gasteiger charge is -2.16. The fourth-order valence-corrected chi connectivity index (χ4v) is 2.03. The van der Waals surface area contributed by atoms with Crippen LogP contribution in [-0.4, -0.2) is 50.9 Å². The summed E-state index contributed by atoms with van der Waals surface area (Å²) in [5, 5.41) is 5.98. The van der Waals surface area contributed by atoms with Crippen LogP contribution in [-0.2, 0) is 9.47 Å². The van der Waals surface area contributed by atoms with Crippen molar-refractivity contribution in [2.75, 3.05) is 39.2 Å². The number of carbonyl (C=O) groups excluding carboxylic acids is 1. The number of pyridine rings is 1. The molecule has 0 radical (unpaired) electrons. The van der Waals surface area contributed by atoms with Crippen LogP contribution < -0.4 is 10.6 Å². The third-order valence-electron chi connectivity index (χ3n) is 2.82. The molecule has 1 aromatic heterocycles. The topological polar surface area (TPSA) is 72.5 Å². The van der Waals surface area contributed by atoms with Crippen LogP contribution in [0.15, 0.2) is 16.7 Å². The molecule has 0 aliphatic heterocycles. The molecular weight excluding hydrogens is 338 g/mol. The highest BCUT2D eigenvalue weighted by Gasteiger charge is 2.15. The van der Waals surface area contributed by atoms with Crippen LogP contribution in [0.5, 0.6) is 0 Å². The minimum atomic E-state index is -0.194. The van der Waals surface area contributed by atoms with Crippen LogP contribution >= 0.6 is 15.9 Å². The smallest absolute Gasteiger partial charge is 0.255 e. The van der Waals surface area contributed by atoms with Crippen LogP contribution in [0, 0.1) is 0 Å². The molecule has 21 heavy (non-hydrogen) atoms. The van der Waals surface area contributed by atoms with E-state index < -0.39 is 0 Å². The second kappa shape index (κ2) is 9.70. The molecule has 0 bridgehead atoms. The van der Waals surface area contributed by atoms with Crippen molar-refractivity contribution in [3.8, 4) is 0 Å². The number of hydrogen-bond acceptors (Lipinski definition) is 5. The average molecular weight is 360 g/mol. The molecule has 1 atom stereocenters. The van der Waals surface area contributed by atoms with Crippen molar-refractivity contribution < 1.29 is 14.3 Å². The summed E-state index contributed by atoms with van der Waals surface area (Å²) in [5.74, 6) is 0.388. The van der Waals surface area contributed by atoms with Crippen LogP contribution in [0.2, 0.25) is 0 Å². The van der Waals surface area contributed by atoms with Crippen molar-refractivity contribution in [3.05, 3.63) is 22.3 Å². The molecule has 1 unspecified atom stereocenters. The summed E-state index contributed by atoms with van der Waals surface area (Å²) in [6, 6.07) is 1.75. The van der Waals surface area contributed by atoms with E-state index in [2.05, 4.69) is 38.5 Å². The maximum Gasteiger partial charge on any atom is 0.255 e. The molecule has 0 aromatic carbocycles. The average Bonchev–Trinajstić information content (AvgIpc) is 2.49. The van der Waals surface area contributed by atoms with Gasteiger partial charge in [-0.1, -0.05) is 6.92 Å². The van der Waals surface area contributed by atoms with E-state index >= 15 is 0 Å². The number of nitrogens with one attached hydrogen (secondary N) is 2. The molecule has 1 rings (SSSR count). The summed E-state index contributed by atoms with van der Waals surface area (Å²) in [6.07, 6.45) is 2.45. The standard InChI is InChI=1S/C14H22BrN3O3/c1-4-5-16-13-12(6-10(15)7-17-13)14(19)18-8-11(21-3)9-20-2/h6-7,11H,4-5,8-9H2,1-3H3,(H,16,17)(H,18,19). The molecule has 1 heterocycles. The minimum absolute atomic E-state index is 0.175. The quantitative estimate of drug-likeness (QED) is 0.705. The van der Waals surface area contributed by atoms with Gasteiger partial charge in [0.05, 0.1) is 18.3 Å². The number of anilines is 1. The van der Waals surface area contributed by atoms with Crippen molar-refractivity contribution in [2.24, 2.45) is 0 Å². The molecule has 0 saturated heterocycles. The largest absolute Gasteiger partial charge is 0.382 e. The van der Waals surface area contributed by atoms with Crippen molar-refractivity contribution in [2.45, 2.75) is 19.4 Å². The van der Waals surface area contributed by atoms with E-state index in [1.54, 1.807) is 26.5 Å². The van der Waals surface area contributed by atoms with Gasteiger partial charge in [0, 0.05) is 38.0 Å². The first kappa shape index (κ1) is 17.9. The minimum Gasteiger partial charge on any atom is -0.382 e. The van der Waals surface area contributed by atoms with E-state index in [4.69, 9.17) is 9.47 Å². The molecule has 118 valence electrons. The van der Waals surface area contributed by atoms with Crippen LogP contribution in [0.3, 0.4) is 0 Å². The molecule has 1 aromatic rings. The van der Waals surface area contributed by atoms with E-state index in [0.29, 0.717) is 24.5 Å². The first-order valence-electron chi connectivity index (χ1n) is 6.81. The Morgan fingerprint density at radius 2 is 2.24 bits per heavy atom. The molecule has 0 spiro atoms. The highest BCUT2D eigenvalue weighted by atomic mass is 79.9. The summed E-state index contributed by atoms with van der Waals surface area (Å²) >= 11 is 3.34. The Bertz CT molecular complexity index is 457. The fourth-order valence-electron chi connectivity index (χ4n) is 1.69. The second-order valence-corrected chi connectivity index (χ2v) is 5.42. The van der Waals surface area contributed by atoms with E-state index in [1.165, 1.54) is 0 Å². The normalized spacial score (nSPS) is 12.0. The van der Waals surface area contributed by atoms with Gasteiger partial charge in [0.15, 0.2) is 0 Å². The third-order valence-corrected chi connectivity index (χ3v) is 3.25. The summed E-state index contributed by atoms with van der Waals surface area (Å²) in [6.45, 7) is 3.62. The van der Waals surface area contributed by atoms with E-state index in [1.807, 2.05) is 0 Å². The Morgan fingerprint density at radius 3 is 2.86 bits per heavy atom. The lowest BCUT2D eigenvalue weighted by Crippen LogP contribution is -2.36. The number of halogens is 1. The first-order valence-corrected chi connectivity index (χ1v) is 7.61. The molecule has 7 heteroatoms. The maximum atomic E-state index is 12.3. The summed E-state index contributed by atoms with van der Waals surface area (Å²) in [7, 11) is 3.18. The number of methoxy groups -OCH3 is 2. The van der Waals surface area contributed by atoms with Gasteiger partial charge in [-0.25, -0.2) is 4.98 Å². The summed E-state index contributed by atoms with van der Waals surface area (Å²) in [5.41, 5.74) is 0.505. The van der Waals surface area contributed by atoms with Gasteiger partial charge < -0.3 is 20.1 Å². The molecule has 0 aliphatic carbocycles. The van der Waals surface area contributed by atoms with Crippen molar-refractivity contribution in [3.63, 3.8) is 0 Å². The molecule has 1 amide bonds. The highest BCUT2D eigenvalue weighted by Crippen LogP contribution is 2.18. The van der Waals surface area contributed by atoms with Gasteiger partial charge >= 0.3 is 0 Å². The SMILES string of the molecule is CCCNc1ncc(Br)cc1C(=O)NCC(COC)OC. The predicted molar refractivity (Wildman–Crippen MR) is 85.7 cm³/mol. The number of carbonyl (C=O) groups is 1. The second-order valence-electron chi connectivity index (χ2n) is 4.50. The Hall–Kier alpha value is -1.18. The number of rotatable bonds is 9. The van der Waals surface area contributed by atoms with Crippen LogP contribution in [0.25, 0.3) is 0 Å². The number of nitrogens with zero attached hydrogens (tertiary/aromatic N) is 1. The third kappa shape index (κ3) is 5.99. The van der Waals surface area contributed by atoms with Gasteiger partial charge in [0.2, 0.25) is 0 Å². The zero-order chi connectivity index (χ0) is 15.7. The number of hydrogen-bond donors (Lipinski definition) is 2. The summed E-state index contributed by atoms with van der Waals surface area (Å²) < 4.78 is 11.0. The Morgan fingerprint density at radius 1 is 1.48 bits per heavy atom. The Kier molecular flexibility index (Phi) is 8.26. The van der Waals surface area contributed by atoms with Crippen LogP contribution in [0.1, 0.15) is 23.7 Å². The molecule has 0 aliphatic rings. The van der Waals surface area contributed by atoms with Gasteiger partial charge in [-0.05, 0) is 28.4 Å². The highest BCUT2D eigenvalue weighted by molar-refractivity contribution is 9.10. The molecule has 2 N–H and O–H groups in total. The number of ether oxygens (including phenoxy) is 2. The van der Waals surface area contributed by atoms with Gasteiger partial charge in [-0.3, -0.25) is 4.79 Å². The molecule has 0 fully saturated rings. The zero-order valence-electron chi connectivity index (χ0n) is 12.6. The molecular formula is C14H22BrN3O3. The Labute approximate surface area is 133 Å². The molecule has 0 saturated carbocycles. The molecule has 6 nitrogen and oxygen atoms in total. The fraction of sp³-hybridized carbons (Fsp3) is 0.571. The van der Waals surface area contributed by atoms with E-state index in [9.17, 15) is 4.79 Å². The predicted octanol–water partition coefficient (Wildman–Crippen LogP) is 2.06. The van der Waals surface area contributed by atoms with Gasteiger partial charge in [-0.2, -0.15) is 0 Å². The van der Waals surface area contributed by atoms with Crippen LogP contribution in [0.4, 0.5) is 5.82 Å².